The third-order valence-corrected chi connectivity index (χ3v) is 3.93. The molecule has 3 rings (SSSR count). The van der Waals surface area contributed by atoms with Crippen molar-refractivity contribution < 1.29 is 13.9 Å². The van der Waals surface area contributed by atoms with Gasteiger partial charge in [0.1, 0.15) is 17.9 Å². The van der Waals surface area contributed by atoms with Gasteiger partial charge in [0.2, 0.25) is 5.91 Å². The molecule has 0 spiro atoms. The number of nitrogens with one attached hydrogen (secondary N) is 1. The molecule has 1 N–H and O–H groups in total. The van der Waals surface area contributed by atoms with Gasteiger partial charge in [-0.15, -0.1) is 0 Å². The van der Waals surface area contributed by atoms with Crippen LogP contribution in [0.3, 0.4) is 0 Å². The number of aromatic nitrogens is 2. The molecule has 138 valence electrons. The van der Waals surface area contributed by atoms with Crippen LogP contribution in [0.2, 0.25) is 0 Å². The van der Waals surface area contributed by atoms with Crippen LogP contribution in [0.5, 0.6) is 5.75 Å². The molecule has 0 fully saturated rings. The van der Waals surface area contributed by atoms with E-state index in [4.69, 9.17) is 4.74 Å². The maximum absolute atomic E-state index is 13.0. The summed E-state index contributed by atoms with van der Waals surface area (Å²) in [5, 5.41) is 2.85. The maximum Gasteiger partial charge on any atom is 0.224 e. The molecule has 1 heterocycles. The van der Waals surface area contributed by atoms with Gasteiger partial charge in [-0.25, -0.2) is 14.4 Å². The Hall–Kier alpha value is -3.28. The van der Waals surface area contributed by atoms with Crippen molar-refractivity contribution in [1.82, 2.24) is 15.3 Å². The van der Waals surface area contributed by atoms with E-state index in [9.17, 15) is 9.18 Å². The smallest absolute Gasteiger partial charge is 0.224 e. The Morgan fingerprint density at radius 3 is 2.52 bits per heavy atom. The van der Waals surface area contributed by atoms with E-state index in [1.54, 1.807) is 18.2 Å². The van der Waals surface area contributed by atoms with Gasteiger partial charge in [0.25, 0.3) is 0 Å². The molecule has 1 aromatic heterocycles. The minimum atomic E-state index is -0.297. The average molecular weight is 365 g/mol. The van der Waals surface area contributed by atoms with Gasteiger partial charge in [-0.3, -0.25) is 4.79 Å². The first-order valence-corrected chi connectivity index (χ1v) is 8.69. The number of carbonyl (C=O) groups excluding carboxylic acids is 1. The number of carbonyl (C=O) groups is 1. The number of rotatable bonds is 7. The fraction of sp³-hybridized carbons (Fsp3) is 0.190. The zero-order chi connectivity index (χ0) is 19.1. The Kier molecular flexibility index (Phi) is 6.10. The van der Waals surface area contributed by atoms with Gasteiger partial charge in [0.05, 0.1) is 31.0 Å². The first-order chi connectivity index (χ1) is 13.1. The zero-order valence-corrected chi connectivity index (χ0v) is 15.0. The Morgan fingerprint density at radius 1 is 1.07 bits per heavy atom. The van der Waals surface area contributed by atoms with E-state index in [0.29, 0.717) is 24.5 Å². The standard InChI is InChI=1S/C21H20FN3O2/c1-2-27-19-9-3-15(4-10-19)11-21(26)23-13-18-12-20(25-14-24-18)16-5-7-17(22)8-6-16/h3-10,12,14H,2,11,13H2,1H3,(H,23,26). The summed E-state index contributed by atoms with van der Waals surface area (Å²) in [6, 6.07) is 15.3. The predicted octanol–water partition coefficient (Wildman–Crippen LogP) is 3.54. The highest BCUT2D eigenvalue weighted by Gasteiger charge is 2.06. The van der Waals surface area contributed by atoms with Gasteiger partial charge in [0.15, 0.2) is 0 Å². The summed E-state index contributed by atoms with van der Waals surface area (Å²) < 4.78 is 18.4. The first-order valence-electron chi connectivity index (χ1n) is 8.69. The quantitative estimate of drug-likeness (QED) is 0.696. The molecule has 0 saturated carbocycles. The van der Waals surface area contributed by atoms with Crippen LogP contribution >= 0.6 is 0 Å². The summed E-state index contributed by atoms with van der Waals surface area (Å²) >= 11 is 0. The Morgan fingerprint density at radius 2 is 1.81 bits per heavy atom. The van der Waals surface area contributed by atoms with Crippen molar-refractivity contribution in [3.8, 4) is 17.0 Å². The molecule has 1 amide bonds. The van der Waals surface area contributed by atoms with Crippen molar-refractivity contribution in [1.29, 1.82) is 0 Å². The molecule has 0 aliphatic heterocycles. The zero-order valence-electron chi connectivity index (χ0n) is 15.0. The summed E-state index contributed by atoms with van der Waals surface area (Å²) in [6.07, 6.45) is 1.72. The van der Waals surface area contributed by atoms with E-state index in [2.05, 4.69) is 15.3 Å². The summed E-state index contributed by atoms with van der Waals surface area (Å²) in [5.74, 6) is 0.395. The number of nitrogens with zero attached hydrogens (tertiary/aromatic N) is 2. The van der Waals surface area contributed by atoms with Crippen LogP contribution in [0.4, 0.5) is 4.39 Å². The van der Waals surface area contributed by atoms with Gasteiger partial charge < -0.3 is 10.1 Å². The van der Waals surface area contributed by atoms with Crippen LogP contribution in [-0.2, 0) is 17.8 Å². The van der Waals surface area contributed by atoms with E-state index in [1.807, 2.05) is 31.2 Å². The number of halogens is 1. The summed E-state index contributed by atoms with van der Waals surface area (Å²) in [7, 11) is 0. The molecule has 6 heteroatoms. The van der Waals surface area contributed by atoms with Gasteiger partial charge in [-0.05, 0) is 55.0 Å². The van der Waals surface area contributed by atoms with Crippen molar-refractivity contribution in [3.63, 3.8) is 0 Å². The molecule has 0 aliphatic rings. The number of benzene rings is 2. The largest absolute Gasteiger partial charge is 0.494 e. The molecule has 27 heavy (non-hydrogen) atoms. The SMILES string of the molecule is CCOc1ccc(CC(=O)NCc2cc(-c3ccc(F)cc3)ncn2)cc1. The van der Waals surface area contributed by atoms with E-state index in [0.717, 1.165) is 16.9 Å². The molecular weight excluding hydrogens is 345 g/mol. The minimum Gasteiger partial charge on any atom is -0.494 e. The lowest BCUT2D eigenvalue weighted by atomic mass is 10.1. The normalized spacial score (nSPS) is 10.4. The fourth-order valence-electron chi connectivity index (χ4n) is 2.58. The second kappa shape index (κ2) is 8.89. The molecular formula is C21H20FN3O2. The molecule has 0 radical (unpaired) electrons. The number of ether oxygens (including phenoxy) is 1. The van der Waals surface area contributed by atoms with Crippen LogP contribution < -0.4 is 10.1 Å². The third-order valence-electron chi connectivity index (χ3n) is 3.93. The van der Waals surface area contributed by atoms with Crippen molar-refractivity contribution in [3.05, 3.63) is 78.0 Å². The highest BCUT2D eigenvalue weighted by Crippen LogP contribution is 2.17. The van der Waals surface area contributed by atoms with Crippen LogP contribution in [-0.4, -0.2) is 22.5 Å². The van der Waals surface area contributed by atoms with E-state index in [-0.39, 0.29) is 18.1 Å². The van der Waals surface area contributed by atoms with Crippen molar-refractivity contribution >= 4 is 5.91 Å². The van der Waals surface area contributed by atoms with E-state index >= 15 is 0 Å². The monoisotopic (exact) mass is 365 g/mol. The lowest BCUT2D eigenvalue weighted by Crippen LogP contribution is -2.25. The summed E-state index contributed by atoms with van der Waals surface area (Å²) in [6.45, 7) is 2.83. The van der Waals surface area contributed by atoms with Crippen LogP contribution in [0.25, 0.3) is 11.3 Å². The van der Waals surface area contributed by atoms with Crippen LogP contribution in [0.1, 0.15) is 18.2 Å². The van der Waals surface area contributed by atoms with E-state index in [1.165, 1.54) is 18.5 Å². The topological polar surface area (TPSA) is 64.1 Å². The summed E-state index contributed by atoms with van der Waals surface area (Å²) in [4.78, 5) is 20.5. The average Bonchev–Trinajstić information content (AvgIpc) is 2.69. The molecule has 0 unspecified atom stereocenters. The second-order valence-corrected chi connectivity index (χ2v) is 5.93. The molecule has 3 aromatic rings. The Labute approximate surface area is 157 Å². The molecule has 0 aliphatic carbocycles. The Bertz CT molecular complexity index is 896. The number of hydrogen-bond donors (Lipinski definition) is 1. The van der Waals surface area contributed by atoms with Gasteiger partial charge in [-0.1, -0.05) is 12.1 Å². The third kappa shape index (κ3) is 5.34. The summed E-state index contributed by atoms with van der Waals surface area (Å²) in [5.41, 5.74) is 3.07. The molecule has 2 aromatic carbocycles. The van der Waals surface area contributed by atoms with E-state index < -0.39 is 0 Å². The molecule has 0 saturated heterocycles. The van der Waals surface area contributed by atoms with Crippen molar-refractivity contribution in [2.75, 3.05) is 6.61 Å². The van der Waals surface area contributed by atoms with Gasteiger partial charge in [0, 0.05) is 5.56 Å². The predicted molar refractivity (Wildman–Crippen MR) is 101 cm³/mol. The minimum absolute atomic E-state index is 0.0962. The van der Waals surface area contributed by atoms with Crippen molar-refractivity contribution in [2.45, 2.75) is 19.9 Å². The maximum atomic E-state index is 13.0. The molecule has 0 atom stereocenters. The van der Waals surface area contributed by atoms with Crippen LogP contribution in [0, 0.1) is 5.82 Å². The number of amides is 1. The van der Waals surface area contributed by atoms with Gasteiger partial charge >= 0.3 is 0 Å². The number of hydrogen-bond acceptors (Lipinski definition) is 4. The second-order valence-electron chi connectivity index (χ2n) is 5.93. The first kappa shape index (κ1) is 18.5. The van der Waals surface area contributed by atoms with Crippen LogP contribution in [0.15, 0.2) is 60.9 Å². The Balaban J connectivity index is 1.57. The van der Waals surface area contributed by atoms with Gasteiger partial charge in [-0.2, -0.15) is 0 Å². The lowest BCUT2D eigenvalue weighted by molar-refractivity contribution is -0.120. The van der Waals surface area contributed by atoms with Crippen molar-refractivity contribution in [2.24, 2.45) is 0 Å². The highest BCUT2D eigenvalue weighted by atomic mass is 19.1. The fourth-order valence-corrected chi connectivity index (χ4v) is 2.58. The highest BCUT2D eigenvalue weighted by molar-refractivity contribution is 5.78. The molecule has 0 bridgehead atoms. The molecule has 5 nitrogen and oxygen atoms in total. The lowest BCUT2D eigenvalue weighted by Gasteiger charge is -2.07.